The van der Waals surface area contributed by atoms with Crippen LogP contribution in [-0.4, -0.2) is 158 Å². The zero-order valence-corrected chi connectivity index (χ0v) is 42.3. The number of nitrogens with zero attached hydrogens (tertiary/aromatic N) is 1. The van der Waals surface area contributed by atoms with E-state index in [0.717, 1.165) is 37.8 Å². The molecule has 0 saturated carbocycles. The Morgan fingerprint density at radius 3 is 2.23 bits per heavy atom. The van der Waals surface area contributed by atoms with Gasteiger partial charge in [-0.25, -0.2) is 4.79 Å². The number of methoxy groups -OCH3 is 1. The van der Waals surface area contributed by atoms with Crippen molar-refractivity contribution in [1.82, 2.24) is 4.90 Å². The number of aliphatic hydroxyl groups excluding tert-OH is 4. The summed E-state index contributed by atoms with van der Waals surface area (Å²) in [4.78, 5) is 16.0. The maximum atomic E-state index is 13.9. The molecule has 18 atom stereocenters. The standard InChI is InChI=1S/C51H89NO14/c1-13-36(53)27-37-32(2)20-26-50(64-37)29-38-33(3)39(65-50)30-51(60-12)35(28-46(5,6)66-51)19-17-15-14-16-18-23-48(8,58)45(57)43(63-41-22-24-47(7,31-61-41)52(10)11)42(55)34(4)44(56)49(9,59)25-21-40(54)62-38/h17,19,21,25,32-39,41-45,53,55-59H,13-16,18,20,22-24,26-31H2,1-12H3/b19-17+,25-21+. The highest BCUT2D eigenvalue weighted by molar-refractivity contribution is 5.82. The molecule has 5 aliphatic rings. The second-order valence-corrected chi connectivity index (χ2v) is 22.4. The molecule has 0 aromatic carbocycles. The lowest BCUT2D eigenvalue weighted by molar-refractivity contribution is -0.360. The van der Waals surface area contributed by atoms with Crippen molar-refractivity contribution >= 4 is 5.97 Å². The van der Waals surface area contributed by atoms with Crippen molar-refractivity contribution in [2.45, 2.75) is 241 Å². The molecule has 2 bridgehead atoms. The van der Waals surface area contributed by atoms with Crippen LogP contribution in [0, 0.1) is 23.7 Å². The number of aliphatic hydroxyl groups is 6. The van der Waals surface area contributed by atoms with Gasteiger partial charge in [0.25, 0.3) is 0 Å². The molecule has 1 spiro atoms. The van der Waals surface area contributed by atoms with E-state index >= 15 is 0 Å². The summed E-state index contributed by atoms with van der Waals surface area (Å²) in [6.07, 6.45) is 5.32. The smallest absolute Gasteiger partial charge is 0.330 e. The number of allylic oxidation sites excluding steroid dienone is 1. The van der Waals surface area contributed by atoms with Crippen molar-refractivity contribution in [3.63, 3.8) is 0 Å². The van der Waals surface area contributed by atoms with Crippen LogP contribution in [0.4, 0.5) is 0 Å². The molecule has 0 aromatic rings. The zero-order valence-electron chi connectivity index (χ0n) is 42.3. The molecule has 4 saturated heterocycles. The maximum Gasteiger partial charge on any atom is 0.330 e. The fourth-order valence-corrected chi connectivity index (χ4v) is 10.9. The van der Waals surface area contributed by atoms with E-state index in [1.54, 1.807) is 7.11 Å². The van der Waals surface area contributed by atoms with Gasteiger partial charge in [0, 0.05) is 62.2 Å². The minimum absolute atomic E-state index is 0.138. The third-order valence-corrected chi connectivity index (χ3v) is 16.1. The molecule has 0 radical (unpaired) electrons. The fraction of sp³-hybridized carbons (Fsp3) is 0.902. The Balaban J connectivity index is 1.47. The van der Waals surface area contributed by atoms with Gasteiger partial charge in [-0.2, -0.15) is 0 Å². The molecular weight excluding hydrogens is 851 g/mol. The van der Waals surface area contributed by atoms with Gasteiger partial charge in [-0.15, -0.1) is 0 Å². The van der Waals surface area contributed by atoms with Crippen molar-refractivity contribution in [3.8, 4) is 0 Å². The van der Waals surface area contributed by atoms with Gasteiger partial charge in [-0.1, -0.05) is 52.7 Å². The number of carbonyl (C=O) groups is 1. The lowest BCUT2D eigenvalue weighted by Crippen LogP contribution is -2.59. The van der Waals surface area contributed by atoms with Gasteiger partial charge in [0.1, 0.15) is 23.9 Å². The predicted molar refractivity (Wildman–Crippen MR) is 249 cm³/mol. The summed E-state index contributed by atoms with van der Waals surface area (Å²) in [5.41, 5.74) is -4.53. The highest BCUT2D eigenvalue weighted by Gasteiger charge is 2.58. The normalized spacial score (nSPS) is 47.3. The van der Waals surface area contributed by atoms with Crippen LogP contribution in [0.1, 0.15) is 152 Å². The number of likely N-dealkylation sites (N-methyl/N-ethyl adjacent to an activating group) is 1. The third kappa shape index (κ3) is 13.2. The van der Waals surface area contributed by atoms with Gasteiger partial charge < -0.3 is 68.7 Å². The van der Waals surface area contributed by atoms with E-state index in [1.807, 2.05) is 27.9 Å². The van der Waals surface area contributed by atoms with Gasteiger partial charge >= 0.3 is 5.97 Å². The highest BCUT2D eigenvalue weighted by atomic mass is 16.7. The van der Waals surface area contributed by atoms with E-state index in [0.29, 0.717) is 58.0 Å². The Morgan fingerprint density at radius 1 is 0.879 bits per heavy atom. The topological polar surface area (TPSA) is 206 Å². The average Bonchev–Trinajstić information content (AvgIpc) is 3.52. The predicted octanol–water partition coefficient (Wildman–Crippen LogP) is 5.68. The first-order valence-electron chi connectivity index (χ1n) is 25.0. The molecule has 15 nitrogen and oxygen atoms in total. The van der Waals surface area contributed by atoms with Crippen LogP contribution < -0.4 is 0 Å². The Labute approximate surface area is 395 Å². The molecule has 15 heteroatoms. The maximum absolute atomic E-state index is 13.9. The Morgan fingerprint density at radius 2 is 1.59 bits per heavy atom. The number of fused-ring (bicyclic) bond motifs is 3. The van der Waals surface area contributed by atoms with E-state index in [1.165, 1.54) is 20.8 Å². The van der Waals surface area contributed by atoms with Crippen molar-refractivity contribution < 1.29 is 68.6 Å². The summed E-state index contributed by atoms with van der Waals surface area (Å²) in [5.74, 6) is -4.40. The number of hydrogen-bond acceptors (Lipinski definition) is 15. The van der Waals surface area contributed by atoms with Gasteiger partial charge in [0.2, 0.25) is 0 Å². The van der Waals surface area contributed by atoms with E-state index in [-0.39, 0.29) is 42.2 Å². The van der Waals surface area contributed by atoms with Gasteiger partial charge in [0.15, 0.2) is 17.9 Å². The molecule has 0 aliphatic carbocycles. The zero-order chi connectivity index (χ0) is 49.0. The molecule has 6 N–H and O–H groups in total. The number of carbonyl (C=O) groups excluding carboxylic acids is 1. The summed E-state index contributed by atoms with van der Waals surface area (Å²) >= 11 is 0. The van der Waals surface area contributed by atoms with Crippen LogP contribution in [-0.2, 0) is 38.0 Å². The first-order chi connectivity index (χ1) is 30.7. The highest BCUT2D eigenvalue weighted by Crippen LogP contribution is 2.51. The third-order valence-electron chi connectivity index (χ3n) is 16.1. The monoisotopic (exact) mass is 940 g/mol. The summed E-state index contributed by atoms with van der Waals surface area (Å²) < 4.78 is 45.8. The van der Waals surface area contributed by atoms with Crippen molar-refractivity contribution in [1.29, 1.82) is 0 Å². The molecule has 18 unspecified atom stereocenters. The van der Waals surface area contributed by atoms with Crippen LogP contribution in [0.3, 0.4) is 0 Å². The van der Waals surface area contributed by atoms with Crippen LogP contribution >= 0.6 is 0 Å². The van der Waals surface area contributed by atoms with Crippen molar-refractivity contribution in [2.75, 3.05) is 27.8 Å². The SMILES string of the molecule is CCC(O)CC1OC2(CCC1C)CC1OC(=O)/C=C/C(C)(O)C(O)C(C)C(O)C(OC3CCC(C)(N(C)C)CO3)C(O)C(C)(O)CCCCC/C=C/C3CC(C)(C)OC3(OC)CC(O2)C1C. The van der Waals surface area contributed by atoms with Crippen LogP contribution in [0.2, 0.25) is 0 Å². The van der Waals surface area contributed by atoms with Gasteiger partial charge in [-0.3, -0.25) is 0 Å². The van der Waals surface area contributed by atoms with E-state index in [9.17, 15) is 35.4 Å². The second-order valence-electron chi connectivity index (χ2n) is 22.4. The number of ether oxygens (including phenoxy) is 7. The Bertz CT molecular complexity index is 1610. The lowest BCUT2D eigenvalue weighted by Gasteiger charge is -2.53. The summed E-state index contributed by atoms with van der Waals surface area (Å²) in [7, 11) is 5.61. The minimum Gasteiger partial charge on any atom is -0.459 e. The number of rotatable bonds is 7. The Kier molecular flexibility index (Phi) is 18.7. The van der Waals surface area contributed by atoms with E-state index in [2.05, 4.69) is 44.7 Å². The van der Waals surface area contributed by atoms with Crippen molar-refractivity contribution in [2.24, 2.45) is 23.7 Å². The van der Waals surface area contributed by atoms with Crippen LogP contribution in [0.15, 0.2) is 24.3 Å². The molecule has 5 rings (SSSR count). The van der Waals surface area contributed by atoms with E-state index < -0.39 is 89.3 Å². The molecule has 0 aromatic heterocycles. The van der Waals surface area contributed by atoms with E-state index in [4.69, 9.17) is 33.2 Å². The Hall–Kier alpha value is -1.57. The first-order valence-corrected chi connectivity index (χ1v) is 25.0. The molecule has 5 heterocycles. The largest absolute Gasteiger partial charge is 0.459 e. The quantitative estimate of drug-likeness (QED) is 0.134. The van der Waals surface area contributed by atoms with Crippen molar-refractivity contribution in [3.05, 3.63) is 24.3 Å². The summed E-state index contributed by atoms with van der Waals surface area (Å²) in [6, 6.07) is 0. The second kappa shape index (κ2) is 22.2. The summed E-state index contributed by atoms with van der Waals surface area (Å²) in [6.45, 7) is 16.9. The summed E-state index contributed by atoms with van der Waals surface area (Å²) in [5, 5.41) is 69.8. The lowest BCUT2D eigenvalue weighted by atomic mass is 9.79. The molecular formula is C51H89NO14. The number of esters is 1. The first kappa shape index (κ1) is 55.4. The molecule has 5 aliphatic heterocycles. The molecule has 66 heavy (non-hydrogen) atoms. The van der Waals surface area contributed by atoms with Gasteiger partial charge in [0.05, 0.1) is 48.3 Å². The van der Waals surface area contributed by atoms with Crippen LogP contribution in [0.5, 0.6) is 0 Å². The fourth-order valence-electron chi connectivity index (χ4n) is 10.9. The van der Waals surface area contributed by atoms with Gasteiger partial charge in [-0.05, 0) is 112 Å². The number of hydrogen-bond donors (Lipinski definition) is 6. The average molecular weight is 940 g/mol. The van der Waals surface area contributed by atoms with Crippen LogP contribution in [0.25, 0.3) is 0 Å². The molecule has 382 valence electrons. The molecule has 4 fully saturated rings. The molecule has 0 amide bonds. The minimum atomic E-state index is -2.07.